The fourth-order valence-electron chi connectivity index (χ4n) is 1.33. The molecular weight excluding hydrogens is 198 g/mol. The molecule has 0 bridgehead atoms. The molecule has 1 rings (SSSR count). The van der Waals surface area contributed by atoms with E-state index >= 15 is 0 Å². The molecule has 5 nitrogen and oxygen atoms in total. The van der Waals surface area contributed by atoms with Gasteiger partial charge in [-0.15, -0.1) is 0 Å². The Hall–Kier alpha value is -1.14. The largest absolute Gasteiger partial charge is 0.377 e. The minimum atomic E-state index is -1.58. The van der Waals surface area contributed by atoms with Crippen LogP contribution in [0.2, 0.25) is 0 Å². The predicted molar refractivity (Wildman–Crippen MR) is 55.1 cm³/mol. The van der Waals surface area contributed by atoms with E-state index in [4.69, 9.17) is 20.4 Å². The number of rotatable bonds is 3. The summed E-state index contributed by atoms with van der Waals surface area (Å²) in [5.41, 5.74) is 1.17. The zero-order valence-corrected chi connectivity index (χ0v) is 8.62. The zero-order chi connectivity index (χ0) is 11.6. The van der Waals surface area contributed by atoms with E-state index in [1.54, 1.807) is 19.0 Å². The van der Waals surface area contributed by atoms with E-state index in [-0.39, 0.29) is 0 Å². The van der Waals surface area contributed by atoms with E-state index < -0.39 is 12.6 Å². The molecule has 84 valence electrons. The molecule has 0 aliphatic carbocycles. The number of nitrogens with zero attached hydrogens (tertiary/aromatic N) is 1. The number of hydrogen-bond donors (Lipinski definition) is 4. The lowest BCUT2D eigenvalue weighted by atomic mass is 10.1. The van der Waals surface area contributed by atoms with Gasteiger partial charge < -0.3 is 25.3 Å². The van der Waals surface area contributed by atoms with Gasteiger partial charge in [-0.1, -0.05) is 12.1 Å². The number of hydrogen-bond acceptors (Lipinski definition) is 5. The molecular formula is C10H15NO4. The van der Waals surface area contributed by atoms with Crippen LogP contribution in [-0.4, -0.2) is 34.5 Å². The van der Waals surface area contributed by atoms with Gasteiger partial charge in [0.2, 0.25) is 0 Å². The Balaban J connectivity index is 3.21. The van der Waals surface area contributed by atoms with Crippen molar-refractivity contribution in [3.8, 4) is 0 Å². The van der Waals surface area contributed by atoms with Gasteiger partial charge in [0.05, 0.1) is 0 Å². The maximum absolute atomic E-state index is 9.09. The van der Waals surface area contributed by atoms with Gasteiger partial charge in [-0.2, -0.15) is 0 Å². The molecule has 0 amide bonds. The maximum Gasteiger partial charge on any atom is 0.180 e. The van der Waals surface area contributed by atoms with Crippen LogP contribution < -0.4 is 4.90 Å². The maximum atomic E-state index is 9.09. The monoisotopic (exact) mass is 213 g/mol. The van der Waals surface area contributed by atoms with Gasteiger partial charge in [0.15, 0.2) is 12.6 Å². The van der Waals surface area contributed by atoms with Crippen molar-refractivity contribution in [3.63, 3.8) is 0 Å². The normalized spacial score (nSPS) is 11.2. The molecule has 0 aliphatic rings. The van der Waals surface area contributed by atoms with Crippen molar-refractivity contribution in [2.75, 3.05) is 19.0 Å². The minimum absolute atomic E-state index is 0.308. The lowest BCUT2D eigenvalue weighted by molar-refractivity contribution is -0.0454. The van der Waals surface area contributed by atoms with Crippen LogP contribution in [0.4, 0.5) is 5.69 Å². The molecule has 0 saturated heterocycles. The second kappa shape index (κ2) is 4.59. The average molecular weight is 213 g/mol. The third kappa shape index (κ3) is 2.66. The summed E-state index contributed by atoms with van der Waals surface area (Å²) in [4.78, 5) is 1.67. The van der Waals surface area contributed by atoms with E-state index in [1.807, 2.05) is 0 Å². The molecule has 0 fully saturated rings. The summed E-state index contributed by atoms with van der Waals surface area (Å²) >= 11 is 0. The van der Waals surface area contributed by atoms with Crippen molar-refractivity contribution in [2.45, 2.75) is 12.6 Å². The van der Waals surface area contributed by atoms with Crippen LogP contribution in [0.3, 0.4) is 0 Å². The van der Waals surface area contributed by atoms with Gasteiger partial charge in [-0.3, -0.25) is 0 Å². The zero-order valence-electron chi connectivity index (χ0n) is 8.62. The van der Waals surface area contributed by atoms with Crippen molar-refractivity contribution in [1.82, 2.24) is 0 Å². The highest BCUT2D eigenvalue weighted by Gasteiger charge is 2.13. The third-order valence-corrected chi connectivity index (χ3v) is 2.11. The van der Waals surface area contributed by atoms with Crippen LogP contribution in [0.25, 0.3) is 0 Å². The number of benzene rings is 1. The van der Waals surface area contributed by atoms with E-state index in [1.165, 1.54) is 18.2 Å². The molecule has 5 heteroatoms. The van der Waals surface area contributed by atoms with E-state index in [0.717, 1.165) is 0 Å². The van der Waals surface area contributed by atoms with Gasteiger partial charge in [0.25, 0.3) is 0 Å². The van der Waals surface area contributed by atoms with Crippen molar-refractivity contribution in [3.05, 3.63) is 29.3 Å². The highest BCUT2D eigenvalue weighted by Crippen LogP contribution is 2.26. The molecule has 0 radical (unpaired) electrons. The summed E-state index contributed by atoms with van der Waals surface area (Å²) in [6.07, 6.45) is -3.14. The van der Waals surface area contributed by atoms with Crippen molar-refractivity contribution in [2.24, 2.45) is 0 Å². The first kappa shape index (κ1) is 11.9. The average Bonchev–Trinajstić information content (AvgIpc) is 2.16. The predicted octanol–water partition coefficient (Wildman–Crippen LogP) is -0.281. The smallest absolute Gasteiger partial charge is 0.180 e. The van der Waals surface area contributed by atoms with Gasteiger partial charge in [-0.05, 0) is 6.07 Å². The Morgan fingerprint density at radius 2 is 1.60 bits per heavy atom. The standard InChI is InChI=1S/C10H15NO4/c1-11(2)8-5-6(9(12)13)3-4-7(8)10(14)15/h3-5,9-10,12-15H,1-2H3. The first-order valence-electron chi connectivity index (χ1n) is 4.47. The molecule has 0 saturated carbocycles. The van der Waals surface area contributed by atoms with Crippen LogP contribution in [-0.2, 0) is 0 Å². The molecule has 0 spiro atoms. The van der Waals surface area contributed by atoms with Crippen molar-refractivity contribution >= 4 is 5.69 Å². The fraction of sp³-hybridized carbons (Fsp3) is 0.400. The van der Waals surface area contributed by atoms with Crippen molar-refractivity contribution in [1.29, 1.82) is 0 Å². The number of anilines is 1. The Labute approximate surface area is 87.8 Å². The van der Waals surface area contributed by atoms with Crippen LogP contribution in [0, 0.1) is 0 Å². The summed E-state index contributed by atoms with van der Waals surface area (Å²) in [6.45, 7) is 0. The van der Waals surface area contributed by atoms with E-state index in [0.29, 0.717) is 16.8 Å². The van der Waals surface area contributed by atoms with Gasteiger partial charge in [0.1, 0.15) is 0 Å². The van der Waals surface area contributed by atoms with E-state index in [9.17, 15) is 0 Å². The summed E-state index contributed by atoms with van der Waals surface area (Å²) in [5.74, 6) is 0. The molecule has 0 atom stereocenters. The topological polar surface area (TPSA) is 84.2 Å². The molecule has 15 heavy (non-hydrogen) atoms. The van der Waals surface area contributed by atoms with Gasteiger partial charge in [0, 0.05) is 30.9 Å². The summed E-state index contributed by atoms with van der Waals surface area (Å²) in [7, 11) is 3.46. The first-order valence-corrected chi connectivity index (χ1v) is 4.47. The molecule has 0 aliphatic heterocycles. The first-order chi connectivity index (χ1) is 6.93. The molecule has 1 aromatic rings. The van der Waals surface area contributed by atoms with Crippen LogP contribution in [0.1, 0.15) is 23.7 Å². The van der Waals surface area contributed by atoms with Gasteiger partial charge in [-0.25, -0.2) is 0 Å². The van der Waals surface area contributed by atoms with Gasteiger partial charge >= 0.3 is 0 Å². The summed E-state index contributed by atoms with van der Waals surface area (Å²) < 4.78 is 0. The van der Waals surface area contributed by atoms with E-state index in [2.05, 4.69) is 0 Å². The lowest BCUT2D eigenvalue weighted by Gasteiger charge is -2.20. The highest BCUT2D eigenvalue weighted by atomic mass is 16.5. The molecule has 0 aromatic heterocycles. The third-order valence-electron chi connectivity index (χ3n) is 2.11. The van der Waals surface area contributed by atoms with Crippen LogP contribution >= 0.6 is 0 Å². The molecule has 0 unspecified atom stereocenters. The fourth-order valence-corrected chi connectivity index (χ4v) is 1.33. The SMILES string of the molecule is CN(C)c1cc(C(O)O)ccc1C(O)O. The second-order valence-electron chi connectivity index (χ2n) is 3.46. The quantitative estimate of drug-likeness (QED) is 0.519. The van der Waals surface area contributed by atoms with Crippen LogP contribution in [0.5, 0.6) is 0 Å². The molecule has 0 heterocycles. The Morgan fingerprint density at radius 3 is 2.00 bits per heavy atom. The summed E-state index contributed by atoms with van der Waals surface area (Å²) in [5, 5.41) is 36.1. The Kier molecular flexibility index (Phi) is 3.65. The number of aliphatic hydroxyl groups is 4. The minimum Gasteiger partial charge on any atom is -0.377 e. The highest BCUT2D eigenvalue weighted by molar-refractivity contribution is 5.55. The van der Waals surface area contributed by atoms with Crippen LogP contribution in [0.15, 0.2) is 18.2 Å². The number of aliphatic hydroxyl groups excluding tert-OH is 2. The molecule has 1 aromatic carbocycles. The lowest BCUT2D eigenvalue weighted by Crippen LogP contribution is -2.14. The molecule has 4 N–H and O–H groups in total. The summed E-state index contributed by atoms with van der Waals surface area (Å²) in [6, 6.07) is 4.39. The Morgan fingerprint density at radius 1 is 1.00 bits per heavy atom. The van der Waals surface area contributed by atoms with Crippen molar-refractivity contribution < 1.29 is 20.4 Å². The Bertz CT molecular complexity index is 336. The second-order valence-corrected chi connectivity index (χ2v) is 3.46.